The lowest BCUT2D eigenvalue weighted by molar-refractivity contribution is -0.136. The Bertz CT molecular complexity index is 163. The quantitative estimate of drug-likeness (QED) is 0.564. The molecule has 1 fully saturated rings. The van der Waals surface area contributed by atoms with E-state index in [2.05, 4.69) is 13.8 Å². The maximum Gasteiger partial charge on any atom is 0.222 e. The smallest absolute Gasteiger partial charge is 0.222 e. The van der Waals surface area contributed by atoms with Crippen LogP contribution in [-0.4, -0.2) is 23.9 Å². The Morgan fingerprint density at radius 3 is 2.64 bits per heavy atom. The molecule has 1 amide bonds. The molecule has 0 radical (unpaired) electrons. The molecule has 0 unspecified atom stereocenters. The molecule has 0 bridgehead atoms. The molecular weight excluding hydrogens is 138 g/mol. The van der Waals surface area contributed by atoms with E-state index in [1.165, 1.54) is 0 Å². The molecule has 0 aromatic heterocycles. The Balaban J connectivity index is 2.58. The van der Waals surface area contributed by atoms with Gasteiger partial charge in [-0.1, -0.05) is 13.8 Å². The van der Waals surface area contributed by atoms with Gasteiger partial charge in [0.15, 0.2) is 0 Å². The maximum absolute atomic E-state index is 11.2. The number of amides is 1. The molecule has 0 saturated carbocycles. The highest BCUT2D eigenvalue weighted by Gasteiger charge is 2.29. The number of likely N-dealkylation sites (tertiary alicyclic amines) is 1. The summed E-state index contributed by atoms with van der Waals surface area (Å²) in [7, 11) is 0. The van der Waals surface area contributed by atoms with Crippen LogP contribution in [0.3, 0.4) is 0 Å². The van der Waals surface area contributed by atoms with Crippen molar-refractivity contribution in [3.8, 4) is 0 Å². The second-order valence-electron chi connectivity index (χ2n) is 4.07. The fourth-order valence-electron chi connectivity index (χ4n) is 1.58. The number of carbonyl (C=O) groups is 1. The van der Waals surface area contributed by atoms with Crippen LogP contribution in [0.2, 0.25) is 0 Å². The van der Waals surface area contributed by atoms with E-state index in [-0.39, 0.29) is 0 Å². The number of piperidine rings is 1. The SMILES string of the molecule is CCN1CC(C)(C)CCC1=O. The second-order valence-corrected chi connectivity index (χ2v) is 4.07. The monoisotopic (exact) mass is 155 g/mol. The molecule has 1 aliphatic rings. The Hall–Kier alpha value is -0.530. The number of rotatable bonds is 1. The third-order valence-electron chi connectivity index (χ3n) is 2.37. The first-order valence-electron chi connectivity index (χ1n) is 4.33. The Kier molecular flexibility index (Phi) is 2.21. The predicted molar refractivity (Wildman–Crippen MR) is 45.3 cm³/mol. The van der Waals surface area contributed by atoms with Crippen LogP contribution in [0.15, 0.2) is 0 Å². The van der Waals surface area contributed by atoms with Gasteiger partial charge < -0.3 is 4.90 Å². The lowest BCUT2D eigenvalue weighted by Crippen LogP contribution is -2.43. The molecule has 0 aromatic rings. The lowest BCUT2D eigenvalue weighted by atomic mass is 9.84. The molecule has 1 saturated heterocycles. The minimum absolute atomic E-state index is 0.326. The third kappa shape index (κ3) is 1.95. The van der Waals surface area contributed by atoms with Crippen molar-refractivity contribution < 1.29 is 4.79 Å². The summed E-state index contributed by atoms with van der Waals surface area (Å²) in [5.41, 5.74) is 0.337. The molecule has 0 N–H and O–H groups in total. The molecule has 0 atom stereocenters. The molecule has 1 aliphatic heterocycles. The van der Waals surface area contributed by atoms with Gasteiger partial charge in [0.2, 0.25) is 5.91 Å². The molecule has 0 aromatic carbocycles. The molecule has 0 spiro atoms. The van der Waals surface area contributed by atoms with Gasteiger partial charge in [-0.15, -0.1) is 0 Å². The van der Waals surface area contributed by atoms with E-state index in [9.17, 15) is 4.79 Å². The van der Waals surface area contributed by atoms with Crippen LogP contribution in [-0.2, 0) is 4.79 Å². The van der Waals surface area contributed by atoms with Gasteiger partial charge in [-0.05, 0) is 18.8 Å². The first-order chi connectivity index (χ1) is 5.05. The van der Waals surface area contributed by atoms with Gasteiger partial charge in [-0.3, -0.25) is 4.79 Å². The first kappa shape index (κ1) is 8.57. The van der Waals surface area contributed by atoms with Crippen LogP contribution in [0.1, 0.15) is 33.6 Å². The van der Waals surface area contributed by atoms with E-state index < -0.39 is 0 Å². The molecule has 64 valence electrons. The van der Waals surface area contributed by atoms with Crippen LogP contribution >= 0.6 is 0 Å². The average molecular weight is 155 g/mol. The lowest BCUT2D eigenvalue weighted by Gasteiger charge is -2.37. The summed E-state index contributed by atoms with van der Waals surface area (Å²) in [6.45, 7) is 8.29. The van der Waals surface area contributed by atoms with Gasteiger partial charge in [0.25, 0.3) is 0 Å². The first-order valence-corrected chi connectivity index (χ1v) is 4.33. The highest BCUT2D eigenvalue weighted by atomic mass is 16.2. The third-order valence-corrected chi connectivity index (χ3v) is 2.37. The minimum atomic E-state index is 0.326. The Morgan fingerprint density at radius 1 is 1.55 bits per heavy atom. The topological polar surface area (TPSA) is 20.3 Å². The summed E-state index contributed by atoms with van der Waals surface area (Å²) in [4.78, 5) is 13.2. The van der Waals surface area contributed by atoms with Crippen LogP contribution in [0.5, 0.6) is 0 Å². The summed E-state index contributed by atoms with van der Waals surface area (Å²) in [6.07, 6.45) is 1.78. The van der Waals surface area contributed by atoms with Crippen molar-refractivity contribution in [2.75, 3.05) is 13.1 Å². The van der Waals surface area contributed by atoms with E-state index in [4.69, 9.17) is 0 Å². The van der Waals surface area contributed by atoms with Gasteiger partial charge in [0.05, 0.1) is 0 Å². The van der Waals surface area contributed by atoms with Crippen molar-refractivity contribution >= 4 is 5.91 Å². The van der Waals surface area contributed by atoms with Gasteiger partial charge in [0, 0.05) is 19.5 Å². The zero-order chi connectivity index (χ0) is 8.48. The number of carbonyl (C=O) groups excluding carboxylic acids is 1. The van der Waals surface area contributed by atoms with E-state index in [0.717, 1.165) is 25.9 Å². The van der Waals surface area contributed by atoms with Crippen molar-refractivity contribution in [1.29, 1.82) is 0 Å². The van der Waals surface area contributed by atoms with Gasteiger partial charge in [-0.25, -0.2) is 0 Å². The van der Waals surface area contributed by atoms with Crippen molar-refractivity contribution in [3.63, 3.8) is 0 Å². The summed E-state index contributed by atoms with van der Waals surface area (Å²) in [5, 5.41) is 0. The van der Waals surface area contributed by atoms with Crippen LogP contribution in [0.25, 0.3) is 0 Å². The fourth-order valence-corrected chi connectivity index (χ4v) is 1.58. The van der Waals surface area contributed by atoms with E-state index in [1.54, 1.807) is 0 Å². The summed E-state index contributed by atoms with van der Waals surface area (Å²) < 4.78 is 0. The molecule has 2 nitrogen and oxygen atoms in total. The molecule has 1 heterocycles. The number of hydrogen-bond acceptors (Lipinski definition) is 1. The van der Waals surface area contributed by atoms with Gasteiger partial charge in [-0.2, -0.15) is 0 Å². The zero-order valence-electron chi connectivity index (χ0n) is 7.68. The molecule has 11 heavy (non-hydrogen) atoms. The van der Waals surface area contributed by atoms with Crippen molar-refractivity contribution in [3.05, 3.63) is 0 Å². The van der Waals surface area contributed by atoms with Crippen LogP contribution in [0, 0.1) is 5.41 Å². The highest BCUT2D eigenvalue weighted by molar-refractivity contribution is 5.77. The number of nitrogens with zero attached hydrogens (tertiary/aromatic N) is 1. The van der Waals surface area contributed by atoms with Crippen molar-refractivity contribution in [1.82, 2.24) is 4.90 Å². The largest absolute Gasteiger partial charge is 0.342 e. The minimum Gasteiger partial charge on any atom is -0.342 e. The summed E-state index contributed by atoms with van der Waals surface area (Å²) >= 11 is 0. The standard InChI is InChI=1S/C9H17NO/c1-4-10-7-9(2,3)6-5-8(10)11/h4-7H2,1-3H3. The molecular formula is C9H17NO. The highest BCUT2D eigenvalue weighted by Crippen LogP contribution is 2.28. The van der Waals surface area contributed by atoms with Crippen LogP contribution < -0.4 is 0 Å². The molecule has 2 heteroatoms. The fraction of sp³-hybridized carbons (Fsp3) is 0.889. The molecule has 0 aliphatic carbocycles. The average Bonchev–Trinajstić information content (AvgIpc) is 1.94. The van der Waals surface area contributed by atoms with E-state index >= 15 is 0 Å². The van der Waals surface area contributed by atoms with E-state index in [1.807, 2.05) is 11.8 Å². The van der Waals surface area contributed by atoms with Gasteiger partial charge >= 0.3 is 0 Å². The van der Waals surface area contributed by atoms with Crippen LogP contribution in [0.4, 0.5) is 0 Å². The van der Waals surface area contributed by atoms with Gasteiger partial charge in [0.1, 0.15) is 0 Å². The Morgan fingerprint density at radius 2 is 2.18 bits per heavy atom. The summed E-state index contributed by atoms with van der Waals surface area (Å²) in [6, 6.07) is 0. The van der Waals surface area contributed by atoms with Crippen molar-refractivity contribution in [2.24, 2.45) is 5.41 Å². The normalized spacial score (nSPS) is 23.9. The Labute approximate surface area is 68.6 Å². The van der Waals surface area contributed by atoms with E-state index in [0.29, 0.717) is 11.3 Å². The molecule has 1 rings (SSSR count). The predicted octanol–water partition coefficient (Wildman–Crippen LogP) is 1.65. The zero-order valence-corrected chi connectivity index (χ0v) is 7.68. The second kappa shape index (κ2) is 2.84. The summed E-state index contributed by atoms with van der Waals surface area (Å²) in [5.74, 6) is 0.326. The maximum atomic E-state index is 11.2. The van der Waals surface area contributed by atoms with Crippen molar-refractivity contribution in [2.45, 2.75) is 33.6 Å². The number of hydrogen-bond donors (Lipinski definition) is 0.